The molecule has 1 fully saturated rings. The van der Waals surface area contributed by atoms with E-state index in [9.17, 15) is 0 Å². The highest BCUT2D eigenvalue weighted by atomic mass is 15.2. The predicted octanol–water partition coefficient (Wildman–Crippen LogP) is 2.82. The summed E-state index contributed by atoms with van der Waals surface area (Å²) in [4.78, 5) is 2.67. The highest BCUT2D eigenvalue weighted by molar-refractivity contribution is 5.20. The molecule has 0 radical (unpaired) electrons. The van der Waals surface area contributed by atoms with Crippen LogP contribution >= 0.6 is 0 Å². The van der Waals surface area contributed by atoms with Gasteiger partial charge in [0.2, 0.25) is 0 Å². The second-order valence-electron chi connectivity index (χ2n) is 5.26. The fourth-order valence-corrected chi connectivity index (χ4v) is 3.14. The van der Waals surface area contributed by atoms with Crippen molar-refractivity contribution in [1.82, 2.24) is 10.2 Å². The van der Waals surface area contributed by atoms with Crippen LogP contribution in [-0.4, -0.2) is 30.6 Å². The molecular weight excluding hydrogens is 208 g/mol. The monoisotopic (exact) mass is 232 g/mol. The number of nitrogens with one attached hydrogen (secondary N) is 1. The Morgan fingerprint density at radius 2 is 1.94 bits per heavy atom. The summed E-state index contributed by atoms with van der Waals surface area (Å²) < 4.78 is 0. The van der Waals surface area contributed by atoms with Crippen LogP contribution in [0.5, 0.6) is 0 Å². The molecule has 1 N–H and O–H groups in total. The van der Waals surface area contributed by atoms with Crippen LogP contribution in [0.4, 0.5) is 0 Å². The molecule has 1 saturated heterocycles. The van der Waals surface area contributed by atoms with Crippen molar-refractivity contribution in [2.45, 2.75) is 44.8 Å². The molecule has 0 amide bonds. The molecule has 1 aromatic carbocycles. The Balaban J connectivity index is 2.18. The topological polar surface area (TPSA) is 15.3 Å². The third kappa shape index (κ3) is 2.70. The SMILES string of the molecule is CNC[C@@H]1CC[C@H](c2ccccc2)N1C(C)C. The lowest BCUT2D eigenvalue weighted by atomic mass is 10.0. The fraction of sp³-hybridized carbons (Fsp3) is 0.600. The summed E-state index contributed by atoms with van der Waals surface area (Å²) in [5.41, 5.74) is 1.47. The van der Waals surface area contributed by atoms with E-state index in [0.29, 0.717) is 18.1 Å². The van der Waals surface area contributed by atoms with E-state index in [2.05, 4.69) is 54.4 Å². The summed E-state index contributed by atoms with van der Waals surface area (Å²) in [6.07, 6.45) is 2.59. The van der Waals surface area contributed by atoms with Crippen LogP contribution < -0.4 is 5.32 Å². The molecule has 0 aromatic heterocycles. The molecule has 0 bridgehead atoms. The van der Waals surface area contributed by atoms with Gasteiger partial charge in [-0.1, -0.05) is 30.3 Å². The first-order valence-electron chi connectivity index (χ1n) is 6.71. The molecule has 2 rings (SSSR count). The van der Waals surface area contributed by atoms with E-state index in [1.54, 1.807) is 0 Å². The number of benzene rings is 1. The molecule has 1 aliphatic rings. The van der Waals surface area contributed by atoms with Gasteiger partial charge in [0.05, 0.1) is 0 Å². The maximum atomic E-state index is 3.32. The fourth-order valence-electron chi connectivity index (χ4n) is 3.14. The van der Waals surface area contributed by atoms with Crippen molar-refractivity contribution in [2.24, 2.45) is 0 Å². The van der Waals surface area contributed by atoms with Crippen LogP contribution in [0.15, 0.2) is 30.3 Å². The van der Waals surface area contributed by atoms with Gasteiger partial charge >= 0.3 is 0 Å². The van der Waals surface area contributed by atoms with Crippen molar-refractivity contribution in [3.63, 3.8) is 0 Å². The summed E-state index contributed by atoms with van der Waals surface area (Å²) in [5.74, 6) is 0. The average molecular weight is 232 g/mol. The Kier molecular flexibility index (Phi) is 4.19. The van der Waals surface area contributed by atoms with Gasteiger partial charge in [0.25, 0.3) is 0 Å². The van der Waals surface area contributed by atoms with Crippen LogP contribution in [0.25, 0.3) is 0 Å². The quantitative estimate of drug-likeness (QED) is 0.858. The van der Waals surface area contributed by atoms with Gasteiger partial charge in [-0.2, -0.15) is 0 Å². The van der Waals surface area contributed by atoms with E-state index < -0.39 is 0 Å². The molecule has 1 aliphatic heterocycles. The number of hydrogen-bond acceptors (Lipinski definition) is 2. The van der Waals surface area contributed by atoms with Gasteiger partial charge < -0.3 is 5.32 Å². The Hall–Kier alpha value is -0.860. The van der Waals surface area contributed by atoms with Crippen LogP contribution in [-0.2, 0) is 0 Å². The zero-order chi connectivity index (χ0) is 12.3. The second kappa shape index (κ2) is 5.65. The van der Waals surface area contributed by atoms with Crippen molar-refractivity contribution < 1.29 is 0 Å². The van der Waals surface area contributed by atoms with Crippen LogP contribution in [0.1, 0.15) is 38.3 Å². The Bertz CT molecular complexity index is 334. The van der Waals surface area contributed by atoms with Crippen LogP contribution in [0.2, 0.25) is 0 Å². The van der Waals surface area contributed by atoms with Crippen LogP contribution in [0.3, 0.4) is 0 Å². The van der Waals surface area contributed by atoms with E-state index >= 15 is 0 Å². The van der Waals surface area contributed by atoms with E-state index in [-0.39, 0.29) is 0 Å². The molecule has 1 heterocycles. The van der Waals surface area contributed by atoms with Crippen molar-refractivity contribution in [1.29, 1.82) is 0 Å². The number of likely N-dealkylation sites (tertiary alicyclic amines) is 1. The highest BCUT2D eigenvalue weighted by Crippen LogP contribution is 2.37. The standard InChI is InChI=1S/C15H24N2/c1-12(2)17-14(11-16-3)9-10-15(17)13-7-5-4-6-8-13/h4-8,12,14-16H,9-11H2,1-3H3/t14-,15+/m0/s1. The molecule has 0 aliphatic carbocycles. The largest absolute Gasteiger partial charge is 0.318 e. The smallest absolute Gasteiger partial charge is 0.0354 e. The van der Waals surface area contributed by atoms with E-state index in [0.717, 1.165) is 6.54 Å². The van der Waals surface area contributed by atoms with Gasteiger partial charge in [0, 0.05) is 24.7 Å². The summed E-state index contributed by atoms with van der Waals surface area (Å²) in [6, 6.07) is 12.8. The molecule has 1 aromatic rings. The molecule has 0 saturated carbocycles. The van der Waals surface area contributed by atoms with Crippen molar-refractivity contribution in [3.05, 3.63) is 35.9 Å². The Morgan fingerprint density at radius 1 is 1.24 bits per heavy atom. The maximum Gasteiger partial charge on any atom is 0.0354 e. The molecule has 2 nitrogen and oxygen atoms in total. The van der Waals surface area contributed by atoms with Crippen molar-refractivity contribution >= 4 is 0 Å². The first-order chi connectivity index (χ1) is 8.24. The van der Waals surface area contributed by atoms with Gasteiger partial charge in [0.1, 0.15) is 0 Å². The summed E-state index contributed by atoms with van der Waals surface area (Å²) in [6.45, 7) is 5.72. The van der Waals surface area contributed by atoms with Gasteiger partial charge in [-0.25, -0.2) is 0 Å². The van der Waals surface area contributed by atoms with E-state index in [4.69, 9.17) is 0 Å². The Morgan fingerprint density at radius 3 is 2.53 bits per heavy atom. The summed E-state index contributed by atoms with van der Waals surface area (Å²) >= 11 is 0. The van der Waals surface area contributed by atoms with Gasteiger partial charge in [-0.05, 0) is 39.3 Å². The minimum Gasteiger partial charge on any atom is -0.318 e. The van der Waals surface area contributed by atoms with Gasteiger partial charge in [0.15, 0.2) is 0 Å². The number of rotatable bonds is 4. The first kappa shape index (κ1) is 12.6. The minimum atomic E-state index is 0.606. The van der Waals surface area contributed by atoms with Crippen molar-refractivity contribution in [2.75, 3.05) is 13.6 Å². The highest BCUT2D eigenvalue weighted by Gasteiger charge is 2.35. The average Bonchev–Trinajstić information content (AvgIpc) is 2.74. The zero-order valence-corrected chi connectivity index (χ0v) is 11.2. The summed E-state index contributed by atoms with van der Waals surface area (Å²) in [7, 11) is 2.05. The lowest BCUT2D eigenvalue weighted by Gasteiger charge is -2.34. The number of nitrogens with zero attached hydrogens (tertiary/aromatic N) is 1. The minimum absolute atomic E-state index is 0.606. The van der Waals surface area contributed by atoms with Crippen molar-refractivity contribution in [3.8, 4) is 0 Å². The molecule has 0 unspecified atom stereocenters. The van der Waals surface area contributed by atoms with Crippen LogP contribution in [0, 0.1) is 0 Å². The first-order valence-corrected chi connectivity index (χ1v) is 6.71. The zero-order valence-electron chi connectivity index (χ0n) is 11.2. The van der Waals surface area contributed by atoms with Gasteiger partial charge in [-0.15, -0.1) is 0 Å². The predicted molar refractivity (Wildman–Crippen MR) is 73.1 cm³/mol. The molecule has 2 heteroatoms. The molecule has 94 valence electrons. The van der Waals surface area contributed by atoms with E-state index in [1.807, 2.05) is 7.05 Å². The maximum absolute atomic E-state index is 3.32. The molecular formula is C15H24N2. The molecule has 0 spiro atoms. The van der Waals surface area contributed by atoms with E-state index in [1.165, 1.54) is 18.4 Å². The molecule has 17 heavy (non-hydrogen) atoms. The summed E-state index contributed by atoms with van der Waals surface area (Å²) in [5, 5.41) is 3.32. The molecule has 2 atom stereocenters. The third-order valence-corrected chi connectivity index (χ3v) is 3.78. The van der Waals surface area contributed by atoms with Gasteiger partial charge in [-0.3, -0.25) is 4.90 Å². The normalized spacial score (nSPS) is 25.6. The lowest BCUT2D eigenvalue weighted by molar-refractivity contribution is 0.147. The second-order valence-corrected chi connectivity index (χ2v) is 5.26. The number of hydrogen-bond donors (Lipinski definition) is 1. The number of likely N-dealkylation sites (N-methyl/N-ethyl adjacent to an activating group) is 1. The Labute approximate surface area is 105 Å². The lowest BCUT2D eigenvalue weighted by Crippen LogP contribution is -2.42. The third-order valence-electron chi connectivity index (χ3n) is 3.78.